The maximum atomic E-state index is 13.1. The van der Waals surface area contributed by atoms with Crippen molar-refractivity contribution in [3.63, 3.8) is 0 Å². The minimum absolute atomic E-state index is 0. The molecule has 3 rings (SSSR count). The summed E-state index contributed by atoms with van der Waals surface area (Å²) in [6, 6.07) is 18.1. The fourth-order valence-electron chi connectivity index (χ4n) is 6.34. The Morgan fingerprint density at radius 3 is 1.51 bits per heavy atom. The minimum Gasteiger partial charge on any atom is -0.756 e. The van der Waals surface area contributed by atoms with E-state index >= 15 is 0 Å². The van der Waals surface area contributed by atoms with Crippen molar-refractivity contribution in [1.82, 2.24) is 14.7 Å². The SMILES string of the molecule is O=C([O-])CN(CCN(CC(=O)[O-])CC(COP(=O)([O-])OC1CCC(c2ccccc2)(c2ccccc2)CC1)N(CC(=O)[O-])CC(=O)[O-])CC(=O)[O-].[Gd+3].[Na+]. The van der Waals surface area contributed by atoms with Gasteiger partial charge in [-0.1, -0.05) is 60.7 Å². The molecule has 285 valence electrons. The molecule has 17 nitrogen and oxygen atoms in total. The summed E-state index contributed by atoms with van der Waals surface area (Å²) in [5, 5.41) is 56.7. The first-order chi connectivity index (χ1) is 24.1. The van der Waals surface area contributed by atoms with Crippen LogP contribution in [-0.2, 0) is 43.0 Å². The molecular weight excluding hydrogens is 874 g/mol. The van der Waals surface area contributed by atoms with Crippen LogP contribution in [0.15, 0.2) is 60.7 Å². The monoisotopic (exact) mass is 912 g/mol. The summed E-state index contributed by atoms with van der Waals surface area (Å²) in [6.07, 6.45) is 0.910. The van der Waals surface area contributed by atoms with Crippen LogP contribution in [0.4, 0.5) is 0 Å². The molecule has 2 aromatic carbocycles. The maximum absolute atomic E-state index is 13.1. The molecule has 2 atom stereocenters. The number of benzene rings is 2. The normalized spacial score (nSPS) is 15.8. The Hall–Kier alpha value is -1.90. The van der Waals surface area contributed by atoms with Crippen LogP contribution in [-0.4, -0.2) is 116 Å². The van der Waals surface area contributed by atoms with Gasteiger partial charge in [0.25, 0.3) is 7.82 Å². The van der Waals surface area contributed by atoms with Crippen LogP contribution in [0.1, 0.15) is 36.8 Å². The maximum Gasteiger partial charge on any atom is 3.00 e. The average molecular weight is 912 g/mol. The second kappa shape index (κ2) is 23.9. The van der Waals surface area contributed by atoms with Crippen molar-refractivity contribution < 1.29 is 138 Å². The molecule has 1 saturated carbocycles. The molecular formula is C33H38GdN3NaO14P-2. The Morgan fingerprint density at radius 2 is 1.09 bits per heavy atom. The summed E-state index contributed by atoms with van der Waals surface area (Å²) in [7, 11) is -5.15. The number of aliphatic carboxylic acids is 5. The molecule has 0 aromatic heterocycles. The minimum atomic E-state index is -5.15. The smallest absolute Gasteiger partial charge is 0.756 e. The van der Waals surface area contributed by atoms with Gasteiger partial charge in [0, 0.05) is 63.8 Å². The molecule has 1 radical (unpaired) electrons. The number of phosphoric ester groups is 1. The van der Waals surface area contributed by atoms with Gasteiger partial charge in [-0.15, -0.1) is 0 Å². The number of carboxylic acid groups (broad SMARTS) is 5. The van der Waals surface area contributed by atoms with Crippen molar-refractivity contribution in [2.24, 2.45) is 0 Å². The van der Waals surface area contributed by atoms with Crippen molar-refractivity contribution >= 4 is 37.7 Å². The van der Waals surface area contributed by atoms with Crippen molar-refractivity contribution in [1.29, 1.82) is 0 Å². The third-order valence-corrected chi connectivity index (χ3v) is 9.60. The Bertz CT molecular complexity index is 1460. The first-order valence-electron chi connectivity index (χ1n) is 16.0. The molecule has 0 aliphatic heterocycles. The van der Waals surface area contributed by atoms with Crippen molar-refractivity contribution in [2.45, 2.75) is 43.2 Å². The predicted octanol–water partition coefficient (Wildman–Crippen LogP) is -8.56. The van der Waals surface area contributed by atoms with Crippen LogP contribution in [0, 0.1) is 39.9 Å². The molecule has 0 amide bonds. The first-order valence-corrected chi connectivity index (χ1v) is 17.5. The fraction of sp³-hybridized carbons (Fsp3) is 0.485. The van der Waals surface area contributed by atoms with Gasteiger partial charge in [0.15, 0.2) is 0 Å². The summed E-state index contributed by atoms with van der Waals surface area (Å²) in [6.45, 7) is -6.98. The summed E-state index contributed by atoms with van der Waals surface area (Å²) in [4.78, 5) is 72.4. The number of carbonyl (C=O) groups is 5. The second-order valence-corrected chi connectivity index (χ2v) is 13.6. The van der Waals surface area contributed by atoms with Gasteiger partial charge in [-0.05, 0) is 36.8 Å². The van der Waals surface area contributed by atoms with E-state index in [1.165, 1.54) is 0 Å². The van der Waals surface area contributed by atoms with Gasteiger partial charge in [0.1, 0.15) is 0 Å². The Labute approximate surface area is 360 Å². The number of hydrogen-bond donors (Lipinski definition) is 0. The third kappa shape index (κ3) is 17.2. The third-order valence-electron chi connectivity index (χ3n) is 8.58. The number of nitrogens with zero attached hydrogens (tertiary/aromatic N) is 3. The van der Waals surface area contributed by atoms with E-state index in [9.17, 15) is 59.0 Å². The second-order valence-electron chi connectivity index (χ2n) is 12.2. The van der Waals surface area contributed by atoms with E-state index in [2.05, 4.69) is 0 Å². The van der Waals surface area contributed by atoms with Crippen LogP contribution < -0.4 is 60.0 Å². The van der Waals surface area contributed by atoms with E-state index in [-0.39, 0.29) is 82.6 Å². The van der Waals surface area contributed by atoms with Gasteiger partial charge in [-0.2, -0.15) is 0 Å². The zero-order chi connectivity index (χ0) is 37.6. The summed E-state index contributed by atoms with van der Waals surface area (Å²) in [5.74, 6) is -8.46. The van der Waals surface area contributed by atoms with Gasteiger partial charge in [-0.25, -0.2) is 0 Å². The zero-order valence-corrected chi connectivity index (χ0v) is 34.1. The van der Waals surface area contributed by atoms with Crippen LogP contribution in [0.2, 0.25) is 0 Å². The standard InChI is InChI=1S/C33H44N3O14P.Gd.Na/c37-28(38)18-34(15-16-35(19-29(39)40)20-30(41)42)17-26(36(21-31(43)44)22-32(45)46)23-49-51(47,48)50-27-11-13-33(14-12-27,24-7-3-1-4-8-24)25-9-5-2-6-10-25;;/h1-10,26-27H,11-23H2,(H,37,38)(H,39,40)(H,41,42)(H,43,44)(H,45,46)(H,47,48);;/q;+3;+1/p-6. The Balaban J connectivity index is 0.00000702. The summed E-state index contributed by atoms with van der Waals surface area (Å²) < 4.78 is 23.7. The predicted molar refractivity (Wildman–Crippen MR) is 164 cm³/mol. The van der Waals surface area contributed by atoms with Crippen LogP contribution in [0.25, 0.3) is 0 Å². The quantitative estimate of drug-likeness (QED) is 0.0740. The molecule has 1 aliphatic carbocycles. The van der Waals surface area contributed by atoms with E-state index in [0.717, 1.165) is 25.8 Å². The van der Waals surface area contributed by atoms with E-state index in [1.807, 2.05) is 60.7 Å². The molecule has 53 heavy (non-hydrogen) atoms. The largest absolute Gasteiger partial charge is 3.00 e. The van der Waals surface area contributed by atoms with Crippen LogP contribution in [0.5, 0.6) is 0 Å². The van der Waals surface area contributed by atoms with Crippen molar-refractivity contribution in [2.75, 3.05) is 59.0 Å². The van der Waals surface area contributed by atoms with Gasteiger partial charge in [0.2, 0.25) is 0 Å². The fourth-order valence-corrected chi connectivity index (χ4v) is 7.33. The molecule has 2 aromatic rings. The topological polar surface area (TPSA) is 269 Å². The molecule has 20 heteroatoms. The van der Waals surface area contributed by atoms with Gasteiger partial charge < -0.3 is 63.4 Å². The molecule has 0 saturated heterocycles. The zero-order valence-electron chi connectivity index (χ0n) is 29.0. The number of carboxylic acids is 5. The van der Waals surface area contributed by atoms with Crippen LogP contribution in [0.3, 0.4) is 0 Å². The molecule has 1 aliphatic rings. The first kappa shape index (κ1) is 49.1. The van der Waals surface area contributed by atoms with Crippen molar-refractivity contribution in [3.05, 3.63) is 71.8 Å². The number of hydrogen-bond acceptors (Lipinski definition) is 17. The van der Waals surface area contributed by atoms with E-state index in [4.69, 9.17) is 9.05 Å². The van der Waals surface area contributed by atoms with E-state index in [0.29, 0.717) is 25.7 Å². The molecule has 0 bridgehead atoms. The Kier molecular flexibility index (Phi) is 22.1. The molecule has 0 spiro atoms. The van der Waals surface area contributed by atoms with Gasteiger partial charge in [-0.3, -0.25) is 19.3 Å². The average Bonchev–Trinajstić information content (AvgIpc) is 3.05. The molecule has 0 N–H and O–H groups in total. The number of rotatable bonds is 23. The number of phosphoric acid groups is 1. The molecule has 1 fully saturated rings. The van der Waals surface area contributed by atoms with Gasteiger partial charge >= 0.3 is 69.5 Å². The van der Waals surface area contributed by atoms with Crippen LogP contribution >= 0.6 is 7.82 Å². The van der Waals surface area contributed by atoms with Gasteiger partial charge in [0.05, 0.1) is 42.6 Å². The van der Waals surface area contributed by atoms with E-state index in [1.54, 1.807) is 0 Å². The summed E-state index contributed by atoms with van der Waals surface area (Å²) in [5.41, 5.74) is 1.71. The van der Waals surface area contributed by atoms with E-state index < -0.39 is 101 Å². The van der Waals surface area contributed by atoms with Crippen molar-refractivity contribution in [3.8, 4) is 0 Å². The Morgan fingerprint density at radius 1 is 0.698 bits per heavy atom. The molecule has 0 heterocycles. The number of carbonyl (C=O) groups excluding carboxylic acids is 5. The molecule has 2 unspecified atom stereocenters. The summed E-state index contributed by atoms with van der Waals surface area (Å²) >= 11 is 0.